The highest BCUT2D eigenvalue weighted by Gasteiger charge is 1.98. The van der Waals surface area contributed by atoms with Crippen LogP contribution in [0.15, 0.2) is 24.9 Å². The molecule has 0 saturated heterocycles. The average molecular weight is 208 g/mol. The Hall–Kier alpha value is -1.36. The van der Waals surface area contributed by atoms with Crippen LogP contribution in [0, 0.1) is 11.7 Å². The second-order valence-corrected chi connectivity index (χ2v) is 3.57. The Kier molecular flexibility index (Phi) is 2.49. The van der Waals surface area contributed by atoms with Crippen molar-refractivity contribution in [2.45, 2.75) is 20.0 Å². The van der Waals surface area contributed by atoms with E-state index in [1.54, 1.807) is 6.20 Å². The van der Waals surface area contributed by atoms with Crippen molar-refractivity contribution in [1.82, 2.24) is 19.1 Å². The van der Waals surface area contributed by atoms with Gasteiger partial charge >= 0.3 is 0 Å². The van der Waals surface area contributed by atoms with Gasteiger partial charge in [-0.3, -0.25) is 0 Å². The molecule has 0 unspecified atom stereocenters. The van der Waals surface area contributed by atoms with Crippen LogP contribution in [0.25, 0.3) is 0 Å². The zero-order chi connectivity index (χ0) is 9.97. The molecule has 0 spiro atoms. The molecule has 0 saturated carbocycles. The lowest BCUT2D eigenvalue weighted by atomic mass is 10.5. The third-order valence-corrected chi connectivity index (χ3v) is 2.55. The summed E-state index contributed by atoms with van der Waals surface area (Å²) in [4.78, 5) is 7.01. The molecule has 2 aromatic heterocycles. The first-order chi connectivity index (χ1) is 6.77. The fraction of sp³-hybridized carbons (Fsp3) is 0.333. The van der Waals surface area contributed by atoms with E-state index in [1.165, 1.54) is 0 Å². The number of nitrogens with zero attached hydrogens (tertiary/aromatic N) is 3. The lowest BCUT2D eigenvalue weighted by molar-refractivity contribution is 0.565. The van der Waals surface area contributed by atoms with Crippen LogP contribution in [-0.4, -0.2) is 19.1 Å². The van der Waals surface area contributed by atoms with Gasteiger partial charge in [-0.1, -0.05) is 0 Å². The molecule has 2 aromatic rings. The summed E-state index contributed by atoms with van der Waals surface area (Å²) < 4.78 is 4.89. The molecule has 2 heterocycles. The topological polar surface area (TPSA) is 38.5 Å². The Balaban J connectivity index is 2.09. The molecule has 1 N–H and O–H groups in total. The number of nitrogens with one attached hydrogen (secondary N) is 1. The normalized spacial score (nSPS) is 10.6. The van der Waals surface area contributed by atoms with Crippen LogP contribution in [0.1, 0.15) is 5.69 Å². The Bertz CT molecular complexity index is 451. The van der Waals surface area contributed by atoms with E-state index in [1.807, 2.05) is 30.2 Å². The summed E-state index contributed by atoms with van der Waals surface area (Å²) >= 11 is 5.15. The zero-order valence-corrected chi connectivity index (χ0v) is 8.79. The molecule has 0 bridgehead atoms. The van der Waals surface area contributed by atoms with Crippen LogP contribution in [0.4, 0.5) is 0 Å². The molecule has 0 amide bonds. The number of hydrogen-bond donors (Lipinski definition) is 1. The van der Waals surface area contributed by atoms with Gasteiger partial charge in [-0.05, 0) is 19.1 Å². The monoisotopic (exact) mass is 208 g/mol. The summed E-state index contributed by atoms with van der Waals surface area (Å²) in [5, 5.41) is 0. The number of aromatic amines is 1. The van der Waals surface area contributed by atoms with Crippen LogP contribution in [0.3, 0.4) is 0 Å². The first-order valence-corrected chi connectivity index (χ1v) is 4.89. The lowest BCUT2D eigenvalue weighted by Gasteiger charge is -2.05. The summed E-state index contributed by atoms with van der Waals surface area (Å²) in [6.45, 7) is 3.82. The van der Waals surface area contributed by atoms with Gasteiger partial charge in [-0.15, -0.1) is 0 Å². The molecular formula is C9H12N4S. The number of rotatable bonds is 3. The van der Waals surface area contributed by atoms with E-state index in [4.69, 9.17) is 12.2 Å². The number of H-pyrrole nitrogens is 1. The van der Waals surface area contributed by atoms with E-state index in [0.29, 0.717) is 0 Å². The molecule has 0 aliphatic rings. The fourth-order valence-corrected chi connectivity index (χ4v) is 1.69. The van der Waals surface area contributed by atoms with Gasteiger partial charge in [0.25, 0.3) is 0 Å². The van der Waals surface area contributed by atoms with Gasteiger partial charge in [0, 0.05) is 37.4 Å². The van der Waals surface area contributed by atoms with E-state index < -0.39 is 0 Å². The van der Waals surface area contributed by atoms with Crippen LogP contribution in [-0.2, 0) is 13.1 Å². The van der Waals surface area contributed by atoms with Crippen LogP contribution in [0.5, 0.6) is 0 Å². The molecule has 0 aliphatic heterocycles. The van der Waals surface area contributed by atoms with Crippen molar-refractivity contribution in [2.75, 3.05) is 0 Å². The molecule has 5 heteroatoms. The van der Waals surface area contributed by atoms with Gasteiger partial charge < -0.3 is 14.1 Å². The van der Waals surface area contributed by atoms with E-state index in [0.717, 1.165) is 23.6 Å². The van der Waals surface area contributed by atoms with E-state index in [2.05, 4.69) is 14.5 Å². The average Bonchev–Trinajstić information content (AvgIpc) is 2.76. The van der Waals surface area contributed by atoms with Gasteiger partial charge in [0.15, 0.2) is 4.77 Å². The van der Waals surface area contributed by atoms with Crippen molar-refractivity contribution in [2.24, 2.45) is 0 Å². The Labute approximate surface area is 87.2 Å². The standard InChI is InChI=1S/C9H12N4S/c1-8-6-11-9(14)13(8)5-4-12-3-2-10-7-12/h2-3,6-7H,4-5H2,1H3,(H,11,14). The molecule has 4 nitrogen and oxygen atoms in total. The molecule has 0 fully saturated rings. The first-order valence-electron chi connectivity index (χ1n) is 4.48. The van der Waals surface area contributed by atoms with Gasteiger partial charge in [0.2, 0.25) is 0 Å². The highest BCUT2D eigenvalue weighted by Crippen LogP contribution is 2.00. The highest BCUT2D eigenvalue weighted by atomic mass is 32.1. The first kappa shape index (κ1) is 9.21. The predicted octanol–water partition coefficient (Wildman–Crippen LogP) is 1.75. The van der Waals surface area contributed by atoms with Crippen molar-refractivity contribution < 1.29 is 0 Å². The number of imidazole rings is 2. The molecular weight excluding hydrogens is 196 g/mol. The Morgan fingerprint density at radius 3 is 2.93 bits per heavy atom. The molecule has 14 heavy (non-hydrogen) atoms. The Morgan fingerprint density at radius 2 is 2.36 bits per heavy atom. The number of hydrogen-bond acceptors (Lipinski definition) is 2. The quantitative estimate of drug-likeness (QED) is 0.780. The lowest BCUT2D eigenvalue weighted by Crippen LogP contribution is -2.07. The highest BCUT2D eigenvalue weighted by molar-refractivity contribution is 7.71. The second kappa shape index (κ2) is 3.79. The van der Waals surface area contributed by atoms with E-state index >= 15 is 0 Å². The van der Waals surface area contributed by atoms with Crippen molar-refractivity contribution in [3.63, 3.8) is 0 Å². The predicted molar refractivity (Wildman–Crippen MR) is 56.6 cm³/mol. The van der Waals surface area contributed by atoms with Crippen LogP contribution < -0.4 is 0 Å². The minimum atomic E-state index is 0.780. The molecule has 0 radical (unpaired) electrons. The zero-order valence-electron chi connectivity index (χ0n) is 7.97. The summed E-state index contributed by atoms with van der Waals surface area (Å²) in [6.07, 6.45) is 7.47. The van der Waals surface area contributed by atoms with Crippen molar-refractivity contribution in [3.8, 4) is 0 Å². The van der Waals surface area contributed by atoms with Gasteiger partial charge in [0.05, 0.1) is 6.33 Å². The van der Waals surface area contributed by atoms with Gasteiger partial charge in [-0.25, -0.2) is 4.98 Å². The van der Waals surface area contributed by atoms with E-state index in [9.17, 15) is 0 Å². The SMILES string of the molecule is Cc1c[nH]c(=S)n1CCn1ccnc1. The molecule has 2 rings (SSSR count). The molecule has 74 valence electrons. The van der Waals surface area contributed by atoms with Gasteiger partial charge in [-0.2, -0.15) is 0 Å². The van der Waals surface area contributed by atoms with Crippen molar-refractivity contribution >= 4 is 12.2 Å². The fourth-order valence-electron chi connectivity index (χ4n) is 1.39. The molecule has 0 aliphatic carbocycles. The molecule has 0 aromatic carbocycles. The van der Waals surface area contributed by atoms with Crippen LogP contribution >= 0.6 is 12.2 Å². The van der Waals surface area contributed by atoms with E-state index in [-0.39, 0.29) is 0 Å². The largest absolute Gasteiger partial charge is 0.337 e. The van der Waals surface area contributed by atoms with Gasteiger partial charge in [0.1, 0.15) is 0 Å². The summed E-state index contributed by atoms with van der Waals surface area (Å²) in [5.41, 5.74) is 1.16. The van der Waals surface area contributed by atoms with Crippen LogP contribution in [0.2, 0.25) is 0 Å². The number of aromatic nitrogens is 4. The maximum Gasteiger partial charge on any atom is 0.177 e. The smallest absolute Gasteiger partial charge is 0.177 e. The maximum absolute atomic E-state index is 5.15. The summed E-state index contributed by atoms with van der Waals surface area (Å²) in [5.74, 6) is 0. The third-order valence-electron chi connectivity index (χ3n) is 2.22. The number of aryl methyl sites for hydroxylation is 2. The van der Waals surface area contributed by atoms with Crippen molar-refractivity contribution in [1.29, 1.82) is 0 Å². The summed E-state index contributed by atoms with van der Waals surface area (Å²) in [7, 11) is 0. The summed E-state index contributed by atoms with van der Waals surface area (Å²) in [6, 6.07) is 0. The maximum atomic E-state index is 5.15. The van der Waals surface area contributed by atoms with Crippen molar-refractivity contribution in [3.05, 3.63) is 35.4 Å². The Morgan fingerprint density at radius 1 is 1.50 bits per heavy atom. The minimum absolute atomic E-state index is 0.780. The second-order valence-electron chi connectivity index (χ2n) is 3.19. The third kappa shape index (κ3) is 1.77. The minimum Gasteiger partial charge on any atom is -0.337 e. The molecule has 0 atom stereocenters.